The van der Waals surface area contributed by atoms with Gasteiger partial charge in [0.1, 0.15) is 6.26 Å². The van der Waals surface area contributed by atoms with Crippen molar-refractivity contribution in [3.63, 3.8) is 0 Å². The lowest BCUT2D eigenvalue weighted by atomic mass is 10.1. The molecule has 0 aliphatic rings. The van der Waals surface area contributed by atoms with Gasteiger partial charge in [-0.3, -0.25) is 4.79 Å². The molecule has 1 N–H and O–H groups in total. The molecule has 0 spiro atoms. The molecule has 2 aromatic carbocycles. The van der Waals surface area contributed by atoms with Crippen molar-refractivity contribution in [1.82, 2.24) is 0 Å². The van der Waals surface area contributed by atoms with Crippen molar-refractivity contribution in [2.24, 2.45) is 10.2 Å². The van der Waals surface area contributed by atoms with E-state index in [-0.39, 0.29) is 5.70 Å². The molecule has 2 aromatic rings. The van der Waals surface area contributed by atoms with E-state index in [1.165, 1.54) is 0 Å². The standard InChI is InChI=1S/C15H11ClN2O2/c16-12-6-8-13(9-7-12)17-18-14(10-19)15(20)11-4-2-1-3-5-11/h1-10,19H/b14-10+,18-17?. The smallest absolute Gasteiger partial charge is 0.216 e. The van der Waals surface area contributed by atoms with E-state index in [1.807, 2.05) is 0 Å². The van der Waals surface area contributed by atoms with Gasteiger partial charge in [0.05, 0.1) is 5.69 Å². The number of ketones is 1. The normalized spacial score (nSPS) is 11.8. The van der Waals surface area contributed by atoms with E-state index in [2.05, 4.69) is 10.2 Å². The van der Waals surface area contributed by atoms with Gasteiger partial charge in [-0.2, -0.15) is 5.11 Å². The summed E-state index contributed by atoms with van der Waals surface area (Å²) in [5.74, 6) is -0.397. The Labute approximate surface area is 121 Å². The molecule has 0 saturated heterocycles. The summed E-state index contributed by atoms with van der Waals surface area (Å²) < 4.78 is 0. The van der Waals surface area contributed by atoms with E-state index in [0.717, 1.165) is 0 Å². The summed E-state index contributed by atoms with van der Waals surface area (Å²) in [5.41, 5.74) is 0.837. The fourth-order valence-electron chi connectivity index (χ4n) is 1.49. The molecule has 0 aliphatic carbocycles. The number of benzene rings is 2. The van der Waals surface area contributed by atoms with Gasteiger partial charge in [0, 0.05) is 10.6 Å². The Bertz CT molecular complexity index is 649. The number of azo groups is 1. The summed E-state index contributed by atoms with van der Waals surface area (Å²) in [6.07, 6.45) is 0.648. The molecule has 0 amide bonds. The van der Waals surface area contributed by atoms with Gasteiger partial charge in [0.2, 0.25) is 5.78 Å². The van der Waals surface area contributed by atoms with Gasteiger partial charge in [-0.15, -0.1) is 5.11 Å². The van der Waals surface area contributed by atoms with Gasteiger partial charge in [-0.05, 0) is 24.3 Å². The molecule has 100 valence electrons. The van der Waals surface area contributed by atoms with Crippen LogP contribution in [0.2, 0.25) is 5.02 Å². The van der Waals surface area contributed by atoms with Gasteiger partial charge in [-0.25, -0.2) is 0 Å². The molecule has 0 aliphatic heterocycles. The highest BCUT2D eigenvalue weighted by Crippen LogP contribution is 2.18. The number of carbonyl (C=O) groups is 1. The number of halogens is 1. The molecule has 0 saturated carbocycles. The lowest BCUT2D eigenvalue weighted by Crippen LogP contribution is -2.00. The molecular formula is C15H11ClN2O2. The van der Waals surface area contributed by atoms with E-state index >= 15 is 0 Å². The topological polar surface area (TPSA) is 62.0 Å². The van der Waals surface area contributed by atoms with Crippen LogP contribution < -0.4 is 0 Å². The first kappa shape index (κ1) is 14.0. The Balaban J connectivity index is 2.18. The number of carbonyl (C=O) groups excluding carboxylic acids is 1. The number of hydrogen-bond donors (Lipinski definition) is 1. The molecule has 0 radical (unpaired) electrons. The van der Waals surface area contributed by atoms with E-state index in [0.29, 0.717) is 22.5 Å². The zero-order valence-corrected chi connectivity index (χ0v) is 11.2. The molecule has 0 fully saturated rings. The third kappa shape index (κ3) is 3.52. The minimum absolute atomic E-state index is 0.133. The molecule has 5 heteroatoms. The first-order valence-electron chi connectivity index (χ1n) is 5.82. The molecule has 0 aromatic heterocycles. The second-order valence-electron chi connectivity index (χ2n) is 3.89. The molecule has 4 nitrogen and oxygen atoms in total. The van der Waals surface area contributed by atoms with Gasteiger partial charge >= 0.3 is 0 Å². The number of allylic oxidation sites excluding steroid dienone is 1. The third-order valence-electron chi connectivity index (χ3n) is 2.49. The monoisotopic (exact) mass is 286 g/mol. The summed E-state index contributed by atoms with van der Waals surface area (Å²) in [5, 5.41) is 17.4. The average molecular weight is 287 g/mol. The molecular weight excluding hydrogens is 276 g/mol. The zero-order chi connectivity index (χ0) is 14.4. The molecule has 0 heterocycles. The van der Waals surface area contributed by atoms with E-state index in [4.69, 9.17) is 16.7 Å². The van der Waals surface area contributed by atoms with Crippen molar-refractivity contribution in [3.05, 3.63) is 77.1 Å². The fraction of sp³-hybridized carbons (Fsp3) is 0. The van der Waals surface area contributed by atoms with Gasteiger partial charge in [0.25, 0.3) is 0 Å². The summed E-state index contributed by atoms with van der Waals surface area (Å²) >= 11 is 5.75. The minimum Gasteiger partial charge on any atom is -0.513 e. The maximum absolute atomic E-state index is 12.0. The Hall–Kier alpha value is -2.46. The Morgan fingerprint density at radius 2 is 1.70 bits per heavy atom. The van der Waals surface area contributed by atoms with Gasteiger partial charge < -0.3 is 5.11 Å². The van der Waals surface area contributed by atoms with Crippen LogP contribution in [-0.2, 0) is 0 Å². The Kier molecular flexibility index (Phi) is 4.63. The second kappa shape index (κ2) is 6.63. The maximum atomic E-state index is 12.0. The Morgan fingerprint density at radius 3 is 2.30 bits per heavy atom. The zero-order valence-electron chi connectivity index (χ0n) is 10.4. The van der Waals surface area contributed by atoms with Crippen LogP contribution in [0, 0.1) is 0 Å². The number of aliphatic hydroxyl groups is 1. The highest BCUT2D eigenvalue weighted by atomic mass is 35.5. The summed E-state index contributed by atoms with van der Waals surface area (Å²) in [6, 6.07) is 15.2. The summed E-state index contributed by atoms with van der Waals surface area (Å²) in [4.78, 5) is 12.0. The maximum Gasteiger partial charge on any atom is 0.216 e. The molecule has 0 atom stereocenters. The highest BCUT2D eigenvalue weighted by molar-refractivity contribution is 6.30. The average Bonchev–Trinajstić information content (AvgIpc) is 2.50. The van der Waals surface area contributed by atoms with Crippen LogP contribution in [0.1, 0.15) is 10.4 Å². The van der Waals surface area contributed by atoms with E-state index in [1.54, 1.807) is 54.6 Å². The van der Waals surface area contributed by atoms with Crippen LogP contribution in [0.5, 0.6) is 0 Å². The minimum atomic E-state index is -0.397. The van der Waals surface area contributed by atoms with Crippen LogP contribution in [-0.4, -0.2) is 10.9 Å². The van der Waals surface area contributed by atoms with Crippen LogP contribution in [0.15, 0.2) is 76.8 Å². The number of hydrogen-bond acceptors (Lipinski definition) is 4. The van der Waals surface area contributed by atoms with Crippen molar-refractivity contribution in [2.45, 2.75) is 0 Å². The third-order valence-corrected chi connectivity index (χ3v) is 2.74. The number of Topliss-reactive ketones (excluding diaryl/α,β-unsaturated/α-hetero) is 1. The van der Waals surface area contributed by atoms with Crippen LogP contribution >= 0.6 is 11.6 Å². The summed E-state index contributed by atoms with van der Waals surface area (Å²) in [7, 11) is 0. The highest BCUT2D eigenvalue weighted by Gasteiger charge is 2.11. The molecule has 20 heavy (non-hydrogen) atoms. The van der Waals surface area contributed by atoms with Crippen molar-refractivity contribution < 1.29 is 9.90 Å². The predicted octanol–water partition coefficient (Wildman–Crippen LogP) is 4.71. The number of nitrogens with zero attached hydrogens (tertiary/aromatic N) is 2. The quantitative estimate of drug-likeness (QED) is 0.383. The van der Waals surface area contributed by atoms with Crippen molar-refractivity contribution in [3.8, 4) is 0 Å². The molecule has 0 unspecified atom stereocenters. The SMILES string of the molecule is O=C(/C(=C\O)N=Nc1ccc(Cl)cc1)c1ccccc1. The van der Waals surface area contributed by atoms with Crippen molar-refractivity contribution in [2.75, 3.05) is 0 Å². The van der Waals surface area contributed by atoms with Gasteiger partial charge in [0.15, 0.2) is 5.70 Å². The number of rotatable bonds is 4. The predicted molar refractivity (Wildman–Crippen MR) is 77.5 cm³/mol. The van der Waals surface area contributed by atoms with Crippen LogP contribution in [0.3, 0.4) is 0 Å². The largest absolute Gasteiger partial charge is 0.513 e. The van der Waals surface area contributed by atoms with Gasteiger partial charge in [-0.1, -0.05) is 41.9 Å². The number of aliphatic hydroxyl groups excluding tert-OH is 1. The first-order valence-corrected chi connectivity index (χ1v) is 6.20. The lowest BCUT2D eigenvalue weighted by molar-refractivity contribution is 0.102. The lowest BCUT2D eigenvalue weighted by Gasteiger charge is -1.99. The van der Waals surface area contributed by atoms with E-state index in [9.17, 15) is 4.79 Å². The fourth-order valence-corrected chi connectivity index (χ4v) is 1.61. The Morgan fingerprint density at radius 1 is 1.05 bits per heavy atom. The van der Waals surface area contributed by atoms with Crippen LogP contribution in [0.4, 0.5) is 5.69 Å². The van der Waals surface area contributed by atoms with Crippen molar-refractivity contribution in [1.29, 1.82) is 0 Å². The molecule has 2 rings (SSSR count). The van der Waals surface area contributed by atoms with Crippen LogP contribution in [0.25, 0.3) is 0 Å². The second-order valence-corrected chi connectivity index (χ2v) is 4.32. The van der Waals surface area contributed by atoms with E-state index < -0.39 is 5.78 Å². The summed E-state index contributed by atoms with van der Waals surface area (Å²) in [6.45, 7) is 0. The van der Waals surface area contributed by atoms with Crippen molar-refractivity contribution >= 4 is 23.1 Å². The first-order chi connectivity index (χ1) is 9.70. The molecule has 0 bridgehead atoms.